The molecule has 0 saturated heterocycles. The number of nitrogens with two attached hydrogens (primary N) is 1. The van der Waals surface area contributed by atoms with Crippen molar-refractivity contribution in [1.82, 2.24) is 5.32 Å². The van der Waals surface area contributed by atoms with Crippen molar-refractivity contribution in [1.29, 1.82) is 0 Å². The molecule has 0 aliphatic rings. The van der Waals surface area contributed by atoms with Crippen LogP contribution in [0.3, 0.4) is 0 Å². The first kappa shape index (κ1) is 14.4. The molecule has 0 bridgehead atoms. The van der Waals surface area contributed by atoms with Crippen LogP contribution in [0.2, 0.25) is 0 Å². The van der Waals surface area contributed by atoms with E-state index in [9.17, 15) is 4.79 Å². The van der Waals surface area contributed by atoms with Crippen LogP contribution in [0.15, 0.2) is 0 Å². The highest BCUT2D eigenvalue weighted by molar-refractivity contribution is 5.76. The van der Waals surface area contributed by atoms with E-state index in [1.54, 1.807) is 0 Å². The van der Waals surface area contributed by atoms with Gasteiger partial charge in [0.1, 0.15) is 0 Å². The van der Waals surface area contributed by atoms with E-state index in [0.717, 1.165) is 6.42 Å². The Balaban J connectivity index is 4.01. The molecular weight excluding hydrogens is 192 g/mol. The fourth-order valence-corrected chi connectivity index (χ4v) is 1.33. The van der Waals surface area contributed by atoms with E-state index in [2.05, 4.69) is 5.32 Å². The lowest BCUT2D eigenvalue weighted by atomic mass is 9.94. The summed E-state index contributed by atoms with van der Waals surface area (Å²) in [6, 6.07) is 0.0569. The predicted molar refractivity (Wildman–Crippen MR) is 61.4 cm³/mol. The topological polar surface area (TPSA) is 75.3 Å². The molecule has 2 unspecified atom stereocenters. The third kappa shape index (κ3) is 6.47. The number of hydrogen-bond acceptors (Lipinski definition) is 3. The van der Waals surface area contributed by atoms with E-state index in [1.807, 2.05) is 20.8 Å². The summed E-state index contributed by atoms with van der Waals surface area (Å²) >= 11 is 0. The van der Waals surface area contributed by atoms with Crippen molar-refractivity contribution < 1.29 is 9.90 Å². The Kier molecular flexibility index (Phi) is 6.52. The molecule has 0 spiro atoms. The van der Waals surface area contributed by atoms with Gasteiger partial charge in [0.2, 0.25) is 5.91 Å². The fraction of sp³-hybridized carbons (Fsp3) is 0.909. The van der Waals surface area contributed by atoms with Crippen LogP contribution in [0.5, 0.6) is 0 Å². The van der Waals surface area contributed by atoms with Gasteiger partial charge in [-0.15, -0.1) is 0 Å². The van der Waals surface area contributed by atoms with Gasteiger partial charge in [0.15, 0.2) is 0 Å². The quantitative estimate of drug-likeness (QED) is 0.588. The van der Waals surface area contributed by atoms with Gasteiger partial charge in [-0.3, -0.25) is 4.79 Å². The number of hydrogen-bond donors (Lipinski definition) is 3. The van der Waals surface area contributed by atoms with Gasteiger partial charge in [0.05, 0.1) is 0 Å². The molecule has 4 nitrogen and oxygen atoms in total. The standard InChI is InChI=1S/C11H24N2O2/c1-4-11(3,7-8-14)13-10(15)6-5-9(2)12/h9,14H,4-8,12H2,1-3H3,(H,13,15). The summed E-state index contributed by atoms with van der Waals surface area (Å²) in [7, 11) is 0. The van der Waals surface area contributed by atoms with E-state index in [0.29, 0.717) is 19.3 Å². The number of carbonyl (C=O) groups is 1. The molecule has 0 radical (unpaired) electrons. The van der Waals surface area contributed by atoms with Crippen LogP contribution in [-0.4, -0.2) is 29.2 Å². The third-order valence-electron chi connectivity index (χ3n) is 2.71. The SMILES string of the molecule is CCC(C)(CCO)NC(=O)CCC(C)N. The fourth-order valence-electron chi connectivity index (χ4n) is 1.33. The predicted octanol–water partition coefficient (Wildman–Crippen LogP) is 0.781. The van der Waals surface area contributed by atoms with Crippen molar-refractivity contribution in [2.75, 3.05) is 6.61 Å². The minimum Gasteiger partial charge on any atom is -0.396 e. The first-order valence-corrected chi connectivity index (χ1v) is 5.61. The zero-order valence-electron chi connectivity index (χ0n) is 10.0. The molecule has 0 heterocycles. The smallest absolute Gasteiger partial charge is 0.220 e. The number of rotatable bonds is 7. The normalized spacial score (nSPS) is 16.9. The second-order valence-electron chi connectivity index (χ2n) is 4.45. The van der Waals surface area contributed by atoms with Crippen LogP contribution in [0.25, 0.3) is 0 Å². The maximum atomic E-state index is 11.5. The zero-order valence-corrected chi connectivity index (χ0v) is 10.0. The average Bonchev–Trinajstić information content (AvgIpc) is 2.15. The van der Waals surface area contributed by atoms with Crippen molar-refractivity contribution in [2.24, 2.45) is 5.73 Å². The Bertz CT molecular complexity index is 195. The molecule has 2 atom stereocenters. The van der Waals surface area contributed by atoms with Crippen molar-refractivity contribution in [3.63, 3.8) is 0 Å². The molecule has 90 valence electrons. The largest absolute Gasteiger partial charge is 0.396 e. The molecule has 0 fully saturated rings. The molecular formula is C11H24N2O2. The summed E-state index contributed by atoms with van der Waals surface area (Å²) in [5.74, 6) is 0.0186. The van der Waals surface area contributed by atoms with Gasteiger partial charge in [-0.25, -0.2) is 0 Å². The summed E-state index contributed by atoms with van der Waals surface area (Å²) < 4.78 is 0. The molecule has 0 saturated carbocycles. The van der Waals surface area contributed by atoms with Crippen LogP contribution in [-0.2, 0) is 4.79 Å². The van der Waals surface area contributed by atoms with E-state index < -0.39 is 0 Å². The lowest BCUT2D eigenvalue weighted by molar-refractivity contribution is -0.123. The molecule has 4 N–H and O–H groups in total. The van der Waals surface area contributed by atoms with E-state index in [-0.39, 0.29) is 24.1 Å². The average molecular weight is 216 g/mol. The number of amides is 1. The first-order valence-electron chi connectivity index (χ1n) is 5.61. The van der Waals surface area contributed by atoms with Crippen LogP contribution in [0, 0.1) is 0 Å². The van der Waals surface area contributed by atoms with Gasteiger partial charge in [-0.05, 0) is 33.1 Å². The van der Waals surface area contributed by atoms with Crippen LogP contribution in [0.1, 0.15) is 46.5 Å². The van der Waals surface area contributed by atoms with Gasteiger partial charge >= 0.3 is 0 Å². The van der Waals surface area contributed by atoms with Gasteiger partial charge < -0.3 is 16.2 Å². The number of aliphatic hydroxyl groups is 1. The molecule has 1 amide bonds. The molecule has 0 rings (SSSR count). The summed E-state index contributed by atoms with van der Waals surface area (Å²) in [4.78, 5) is 11.5. The van der Waals surface area contributed by atoms with Crippen LogP contribution >= 0.6 is 0 Å². The summed E-state index contributed by atoms with van der Waals surface area (Å²) in [6.45, 7) is 5.94. The van der Waals surface area contributed by atoms with Crippen LogP contribution < -0.4 is 11.1 Å². The molecule has 0 aromatic rings. The third-order valence-corrected chi connectivity index (χ3v) is 2.71. The molecule has 4 heteroatoms. The molecule has 0 aliphatic heterocycles. The Morgan fingerprint density at radius 3 is 2.60 bits per heavy atom. The number of carbonyl (C=O) groups excluding carboxylic acids is 1. The maximum Gasteiger partial charge on any atom is 0.220 e. The highest BCUT2D eigenvalue weighted by Gasteiger charge is 2.23. The Morgan fingerprint density at radius 1 is 1.60 bits per heavy atom. The maximum absolute atomic E-state index is 11.5. The summed E-state index contributed by atoms with van der Waals surface area (Å²) in [5.41, 5.74) is 5.29. The van der Waals surface area contributed by atoms with Gasteiger partial charge in [0, 0.05) is 24.6 Å². The highest BCUT2D eigenvalue weighted by Crippen LogP contribution is 2.14. The Morgan fingerprint density at radius 2 is 2.20 bits per heavy atom. The van der Waals surface area contributed by atoms with Gasteiger partial charge in [-0.1, -0.05) is 6.92 Å². The Hall–Kier alpha value is -0.610. The first-order chi connectivity index (χ1) is 6.93. The molecule has 0 aliphatic carbocycles. The lowest BCUT2D eigenvalue weighted by Crippen LogP contribution is -2.46. The monoisotopic (exact) mass is 216 g/mol. The Labute approximate surface area is 92.2 Å². The van der Waals surface area contributed by atoms with E-state index in [1.165, 1.54) is 0 Å². The van der Waals surface area contributed by atoms with E-state index >= 15 is 0 Å². The summed E-state index contributed by atoms with van der Waals surface area (Å²) in [5, 5.41) is 11.8. The van der Waals surface area contributed by atoms with Crippen molar-refractivity contribution in [2.45, 2.75) is 58.0 Å². The highest BCUT2D eigenvalue weighted by atomic mass is 16.3. The number of nitrogens with one attached hydrogen (secondary N) is 1. The lowest BCUT2D eigenvalue weighted by Gasteiger charge is -2.29. The van der Waals surface area contributed by atoms with Gasteiger partial charge in [0.25, 0.3) is 0 Å². The van der Waals surface area contributed by atoms with Gasteiger partial charge in [-0.2, -0.15) is 0 Å². The second kappa shape index (κ2) is 6.80. The molecule has 15 heavy (non-hydrogen) atoms. The van der Waals surface area contributed by atoms with Crippen LogP contribution in [0.4, 0.5) is 0 Å². The van der Waals surface area contributed by atoms with E-state index in [4.69, 9.17) is 10.8 Å². The minimum atomic E-state index is -0.288. The van der Waals surface area contributed by atoms with Crippen molar-refractivity contribution in [3.8, 4) is 0 Å². The van der Waals surface area contributed by atoms with Crippen molar-refractivity contribution >= 4 is 5.91 Å². The number of aliphatic hydroxyl groups excluding tert-OH is 1. The molecule has 0 aromatic carbocycles. The summed E-state index contributed by atoms with van der Waals surface area (Å²) in [6.07, 6.45) is 2.56. The zero-order chi connectivity index (χ0) is 11.9. The van der Waals surface area contributed by atoms with Crippen molar-refractivity contribution in [3.05, 3.63) is 0 Å². The minimum absolute atomic E-state index is 0.0186. The molecule has 0 aromatic heterocycles. The second-order valence-corrected chi connectivity index (χ2v) is 4.45.